The smallest absolute Gasteiger partial charge is 0.243 e. The van der Waals surface area contributed by atoms with Crippen LogP contribution >= 0.6 is 11.6 Å². The summed E-state index contributed by atoms with van der Waals surface area (Å²) in [6.07, 6.45) is 0. The highest BCUT2D eigenvalue weighted by atomic mass is 35.5. The Morgan fingerprint density at radius 2 is 2.12 bits per heavy atom. The molecule has 0 aliphatic heterocycles. The zero-order chi connectivity index (χ0) is 13.1. The summed E-state index contributed by atoms with van der Waals surface area (Å²) < 4.78 is 38.1. The van der Waals surface area contributed by atoms with Gasteiger partial charge in [0.05, 0.1) is 16.5 Å². The van der Waals surface area contributed by atoms with Gasteiger partial charge in [-0.15, -0.1) is 0 Å². The predicted molar refractivity (Wildman–Crippen MR) is 62.9 cm³/mol. The first kappa shape index (κ1) is 14.4. The molecule has 4 nitrogen and oxygen atoms in total. The normalized spacial score (nSPS) is 12.1. The lowest BCUT2D eigenvalue weighted by Crippen LogP contribution is -2.33. The molecule has 0 bridgehead atoms. The molecule has 0 spiro atoms. The van der Waals surface area contributed by atoms with E-state index in [4.69, 9.17) is 16.7 Å². The number of sulfonamides is 1. The van der Waals surface area contributed by atoms with E-state index in [1.54, 1.807) is 6.92 Å². The van der Waals surface area contributed by atoms with E-state index in [1.807, 2.05) is 0 Å². The minimum absolute atomic E-state index is 0.00612. The fourth-order valence-corrected chi connectivity index (χ4v) is 3.06. The van der Waals surface area contributed by atoms with E-state index in [0.29, 0.717) is 0 Å². The minimum Gasteiger partial charge on any atom is -0.395 e. The van der Waals surface area contributed by atoms with Gasteiger partial charge in [-0.3, -0.25) is 0 Å². The molecule has 1 aromatic rings. The number of aliphatic hydroxyl groups excluding tert-OH is 1. The Labute approximate surface area is 105 Å². The average molecular weight is 282 g/mol. The summed E-state index contributed by atoms with van der Waals surface area (Å²) in [5, 5.41) is 8.54. The summed E-state index contributed by atoms with van der Waals surface area (Å²) in [6, 6.07) is 3.21. The summed E-state index contributed by atoms with van der Waals surface area (Å²) in [5.41, 5.74) is 0. The molecular formula is C10H13ClFNO3S. The molecule has 0 saturated carbocycles. The summed E-state index contributed by atoms with van der Waals surface area (Å²) in [7, 11) is -3.73. The highest BCUT2D eigenvalue weighted by Gasteiger charge is 2.23. The Morgan fingerprint density at radius 1 is 1.47 bits per heavy atom. The summed E-state index contributed by atoms with van der Waals surface area (Å²) >= 11 is 5.54. The second-order valence-electron chi connectivity index (χ2n) is 3.30. The second kappa shape index (κ2) is 5.77. The van der Waals surface area contributed by atoms with Crippen LogP contribution in [-0.4, -0.2) is 37.5 Å². The highest BCUT2D eigenvalue weighted by Crippen LogP contribution is 2.22. The summed E-state index contributed by atoms with van der Waals surface area (Å²) in [5.74, 6) is -0.671. The fourth-order valence-electron chi connectivity index (χ4n) is 1.35. The molecule has 0 heterocycles. The Hall–Kier alpha value is -0.690. The third-order valence-electron chi connectivity index (χ3n) is 2.23. The molecule has 0 aliphatic rings. The number of likely N-dealkylation sites (N-methyl/N-ethyl adjacent to an activating group) is 1. The lowest BCUT2D eigenvalue weighted by atomic mass is 10.3. The van der Waals surface area contributed by atoms with Gasteiger partial charge in [0.2, 0.25) is 10.0 Å². The monoisotopic (exact) mass is 281 g/mol. The SMILES string of the molecule is CCN(CCO)S(=O)(=O)c1ccc(F)c(Cl)c1. The Balaban J connectivity index is 3.15. The Kier molecular flexibility index (Phi) is 4.88. The first-order chi connectivity index (χ1) is 7.93. The van der Waals surface area contributed by atoms with Gasteiger partial charge in [-0.2, -0.15) is 4.31 Å². The quantitative estimate of drug-likeness (QED) is 0.889. The Bertz CT molecular complexity index is 492. The number of aliphatic hydroxyl groups is 1. The molecule has 1 rings (SSSR count). The third-order valence-corrected chi connectivity index (χ3v) is 4.49. The van der Waals surface area contributed by atoms with Crippen LogP contribution in [-0.2, 0) is 10.0 Å². The predicted octanol–water partition coefficient (Wildman–Crippen LogP) is 1.48. The standard InChI is InChI=1S/C10H13ClFNO3S/c1-2-13(5-6-14)17(15,16)8-3-4-10(12)9(11)7-8/h3-4,7,14H,2,5-6H2,1H3. The van der Waals surface area contributed by atoms with Crippen molar-refractivity contribution in [3.05, 3.63) is 29.0 Å². The van der Waals surface area contributed by atoms with E-state index in [9.17, 15) is 12.8 Å². The zero-order valence-corrected chi connectivity index (χ0v) is 10.8. The zero-order valence-electron chi connectivity index (χ0n) is 9.23. The molecule has 1 aromatic carbocycles. The first-order valence-electron chi connectivity index (χ1n) is 4.99. The molecule has 0 atom stereocenters. The maximum Gasteiger partial charge on any atom is 0.243 e. The largest absolute Gasteiger partial charge is 0.395 e. The van der Waals surface area contributed by atoms with Crippen LogP contribution in [0.1, 0.15) is 6.92 Å². The molecule has 0 amide bonds. The van der Waals surface area contributed by atoms with Crippen LogP contribution in [0.2, 0.25) is 5.02 Å². The van der Waals surface area contributed by atoms with Crippen molar-refractivity contribution in [3.63, 3.8) is 0 Å². The number of nitrogens with zero attached hydrogens (tertiary/aromatic N) is 1. The lowest BCUT2D eigenvalue weighted by Gasteiger charge is -2.19. The number of benzene rings is 1. The van der Waals surface area contributed by atoms with E-state index in [1.165, 1.54) is 0 Å². The van der Waals surface area contributed by atoms with Crippen molar-refractivity contribution >= 4 is 21.6 Å². The summed E-state index contributed by atoms with van der Waals surface area (Å²) in [6.45, 7) is 1.59. The van der Waals surface area contributed by atoms with E-state index in [-0.39, 0.29) is 29.6 Å². The maximum absolute atomic E-state index is 12.9. The molecular weight excluding hydrogens is 269 g/mol. The van der Waals surface area contributed by atoms with Crippen molar-refractivity contribution in [1.29, 1.82) is 0 Å². The van der Waals surface area contributed by atoms with Gasteiger partial charge in [0.15, 0.2) is 0 Å². The van der Waals surface area contributed by atoms with Gasteiger partial charge in [0, 0.05) is 13.1 Å². The molecule has 0 fully saturated rings. The molecule has 0 aromatic heterocycles. The lowest BCUT2D eigenvalue weighted by molar-refractivity contribution is 0.257. The van der Waals surface area contributed by atoms with E-state index in [0.717, 1.165) is 22.5 Å². The van der Waals surface area contributed by atoms with E-state index in [2.05, 4.69) is 0 Å². The third kappa shape index (κ3) is 3.16. The second-order valence-corrected chi connectivity index (χ2v) is 5.64. The number of halogens is 2. The number of hydrogen-bond donors (Lipinski definition) is 1. The molecule has 17 heavy (non-hydrogen) atoms. The van der Waals surface area contributed by atoms with Gasteiger partial charge in [0.1, 0.15) is 5.82 Å². The van der Waals surface area contributed by atoms with Crippen LogP contribution in [0.15, 0.2) is 23.1 Å². The number of hydrogen-bond acceptors (Lipinski definition) is 3. The van der Waals surface area contributed by atoms with Crippen molar-refractivity contribution in [2.45, 2.75) is 11.8 Å². The van der Waals surface area contributed by atoms with E-state index < -0.39 is 15.8 Å². The van der Waals surface area contributed by atoms with Gasteiger partial charge in [-0.1, -0.05) is 18.5 Å². The van der Waals surface area contributed by atoms with Crippen LogP contribution < -0.4 is 0 Å². The average Bonchev–Trinajstić information content (AvgIpc) is 2.29. The number of rotatable bonds is 5. The fraction of sp³-hybridized carbons (Fsp3) is 0.400. The molecule has 0 unspecified atom stereocenters. The van der Waals surface area contributed by atoms with Gasteiger partial charge >= 0.3 is 0 Å². The highest BCUT2D eigenvalue weighted by molar-refractivity contribution is 7.89. The molecule has 1 N–H and O–H groups in total. The first-order valence-corrected chi connectivity index (χ1v) is 6.81. The van der Waals surface area contributed by atoms with Gasteiger partial charge in [0.25, 0.3) is 0 Å². The molecule has 0 saturated heterocycles. The maximum atomic E-state index is 12.9. The van der Waals surface area contributed by atoms with Gasteiger partial charge in [-0.05, 0) is 18.2 Å². The van der Waals surface area contributed by atoms with Crippen molar-refractivity contribution in [1.82, 2.24) is 4.31 Å². The Morgan fingerprint density at radius 3 is 2.59 bits per heavy atom. The van der Waals surface area contributed by atoms with Crippen molar-refractivity contribution in [3.8, 4) is 0 Å². The molecule has 0 aliphatic carbocycles. The molecule has 7 heteroatoms. The van der Waals surface area contributed by atoms with Crippen LogP contribution in [0.4, 0.5) is 4.39 Å². The van der Waals surface area contributed by atoms with Crippen LogP contribution in [0, 0.1) is 5.82 Å². The van der Waals surface area contributed by atoms with Gasteiger partial charge in [-0.25, -0.2) is 12.8 Å². The van der Waals surface area contributed by atoms with Crippen LogP contribution in [0.5, 0.6) is 0 Å². The summed E-state index contributed by atoms with van der Waals surface area (Å²) in [4.78, 5) is -0.0841. The van der Waals surface area contributed by atoms with Crippen LogP contribution in [0.25, 0.3) is 0 Å². The van der Waals surface area contributed by atoms with Crippen molar-refractivity contribution < 1.29 is 17.9 Å². The van der Waals surface area contributed by atoms with Gasteiger partial charge < -0.3 is 5.11 Å². The van der Waals surface area contributed by atoms with Crippen molar-refractivity contribution in [2.75, 3.05) is 19.7 Å². The van der Waals surface area contributed by atoms with Crippen LogP contribution in [0.3, 0.4) is 0 Å². The molecule has 0 radical (unpaired) electrons. The molecule has 96 valence electrons. The minimum atomic E-state index is -3.73. The van der Waals surface area contributed by atoms with Crippen molar-refractivity contribution in [2.24, 2.45) is 0 Å². The van der Waals surface area contributed by atoms with E-state index >= 15 is 0 Å². The topological polar surface area (TPSA) is 57.6 Å².